The molecular weight excluding hydrogens is 351 g/mol. The van der Waals surface area contributed by atoms with Gasteiger partial charge in [-0.2, -0.15) is 0 Å². The summed E-state index contributed by atoms with van der Waals surface area (Å²) < 4.78 is 24.4. The van der Waals surface area contributed by atoms with E-state index in [9.17, 15) is 14.0 Å². The van der Waals surface area contributed by atoms with Crippen LogP contribution in [0, 0.1) is 19.7 Å². The van der Waals surface area contributed by atoms with Crippen LogP contribution in [-0.2, 0) is 9.59 Å². The smallest absolute Gasteiger partial charge is 0.279 e. The van der Waals surface area contributed by atoms with Crippen molar-refractivity contribution in [2.75, 3.05) is 6.61 Å². The van der Waals surface area contributed by atoms with Crippen molar-refractivity contribution in [1.82, 2.24) is 10.9 Å². The van der Waals surface area contributed by atoms with Gasteiger partial charge in [0.2, 0.25) is 5.91 Å². The van der Waals surface area contributed by atoms with Crippen molar-refractivity contribution < 1.29 is 23.5 Å². The van der Waals surface area contributed by atoms with Gasteiger partial charge in [0.1, 0.15) is 5.75 Å². The third-order valence-corrected chi connectivity index (χ3v) is 3.77. The molecule has 1 atom stereocenters. The summed E-state index contributed by atoms with van der Waals surface area (Å²) in [5.74, 6) is -0.884. The molecule has 6 nitrogen and oxygen atoms in total. The van der Waals surface area contributed by atoms with Crippen molar-refractivity contribution in [2.24, 2.45) is 0 Å². The van der Waals surface area contributed by atoms with Crippen molar-refractivity contribution in [1.29, 1.82) is 0 Å². The van der Waals surface area contributed by atoms with E-state index >= 15 is 0 Å². The Hall–Kier alpha value is -3.09. The van der Waals surface area contributed by atoms with Gasteiger partial charge in [-0.3, -0.25) is 20.4 Å². The lowest BCUT2D eigenvalue weighted by Crippen LogP contribution is -2.47. The van der Waals surface area contributed by atoms with Crippen molar-refractivity contribution >= 4 is 11.8 Å². The van der Waals surface area contributed by atoms with Gasteiger partial charge in [-0.1, -0.05) is 24.3 Å². The molecule has 2 aromatic rings. The Morgan fingerprint density at radius 1 is 1.07 bits per heavy atom. The summed E-state index contributed by atoms with van der Waals surface area (Å²) in [6, 6.07) is 11.6. The van der Waals surface area contributed by atoms with E-state index in [0.29, 0.717) is 0 Å². The SMILES string of the molecule is Cc1ccc(C)c(OCCC(=O)NNC(=O)C(C)Oc2ccccc2F)c1. The zero-order valence-electron chi connectivity index (χ0n) is 15.5. The average molecular weight is 374 g/mol. The van der Waals surface area contributed by atoms with Gasteiger partial charge in [-0.15, -0.1) is 0 Å². The van der Waals surface area contributed by atoms with Crippen LogP contribution in [0.4, 0.5) is 4.39 Å². The van der Waals surface area contributed by atoms with Crippen LogP contribution in [0.3, 0.4) is 0 Å². The third kappa shape index (κ3) is 6.29. The lowest BCUT2D eigenvalue weighted by molar-refractivity contribution is -0.133. The molecule has 2 N–H and O–H groups in total. The molecule has 0 radical (unpaired) electrons. The maximum Gasteiger partial charge on any atom is 0.279 e. The number of benzene rings is 2. The predicted octanol–water partition coefficient (Wildman–Crippen LogP) is 2.83. The number of ether oxygens (including phenoxy) is 2. The van der Waals surface area contributed by atoms with E-state index in [1.54, 1.807) is 6.07 Å². The van der Waals surface area contributed by atoms with Crippen molar-refractivity contribution in [3.63, 3.8) is 0 Å². The molecule has 144 valence electrons. The van der Waals surface area contributed by atoms with E-state index < -0.39 is 23.7 Å². The number of amides is 2. The number of para-hydroxylation sites is 1. The summed E-state index contributed by atoms with van der Waals surface area (Å²) in [6.45, 7) is 5.51. The molecule has 0 aliphatic rings. The largest absolute Gasteiger partial charge is 0.493 e. The van der Waals surface area contributed by atoms with Crippen LogP contribution in [0.15, 0.2) is 42.5 Å². The van der Waals surface area contributed by atoms with Crippen LogP contribution >= 0.6 is 0 Å². The van der Waals surface area contributed by atoms with Crippen LogP contribution in [-0.4, -0.2) is 24.5 Å². The van der Waals surface area contributed by atoms with Crippen LogP contribution < -0.4 is 20.3 Å². The first-order valence-electron chi connectivity index (χ1n) is 8.56. The summed E-state index contributed by atoms with van der Waals surface area (Å²) in [5, 5.41) is 0. The average Bonchev–Trinajstić information content (AvgIpc) is 2.64. The maximum atomic E-state index is 13.5. The molecule has 27 heavy (non-hydrogen) atoms. The fourth-order valence-electron chi connectivity index (χ4n) is 2.20. The van der Waals surface area contributed by atoms with E-state index in [-0.39, 0.29) is 18.8 Å². The minimum absolute atomic E-state index is 0.0339. The molecule has 0 aliphatic carbocycles. The number of rotatable bonds is 7. The Morgan fingerprint density at radius 2 is 1.81 bits per heavy atom. The van der Waals surface area contributed by atoms with E-state index in [4.69, 9.17) is 9.47 Å². The Labute approximate surface area is 157 Å². The van der Waals surface area contributed by atoms with E-state index in [1.165, 1.54) is 25.1 Å². The molecule has 0 aromatic heterocycles. The minimum Gasteiger partial charge on any atom is -0.493 e. The molecule has 2 aromatic carbocycles. The second kappa shape index (κ2) is 9.56. The standard InChI is InChI=1S/C20H23FN2O4/c1-13-8-9-14(2)18(12-13)26-11-10-19(24)22-23-20(25)15(3)27-17-7-5-4-6-16(17)21/h4-9,12,15H,10-11H2,1-3H3,(H,22,24)(H,23,25). The number of nitrogens with one attached hydrogen (secondary N) is 2. The maximum absolute atomic E-state index is 13.5. The first-order valence-corrected chi connectivity index (χ1v) is 8.56. The number of hydrogen-bond donors (Lipinski definition) is 2. The highest BCUT2D eigenvalue weighted by Gasteiger charge is 2.17. The van der Waals surface area contributed by atoms with Crippen molar-refractivity contribution in [3.8, 4) is 11.5 Å². The Bertz CT molecular complexity index is 810. The molecule has 0 heterocycles. The van der Waals surface area contributed by atoms with E-state index in [0.717, 1.165) is 16.9 Å². The molecule has 1 unspecified atom stereocenters. The molecule has 7 heteroatoms. The fraction of sp³-hybridized carbons (Fsp3) is 0.300. The number of carbonyl (C=O) groups is 2. The lowest BCUT2D eigenvalue weighted by atomic mass is 10.1. The highest BCUT2D eigenvalue weighted by atomic mass is 19.1. The topological polar surface area (TPSA) is 76.7 Å². The molecule has 0 saturated carbocycles. The van der Waals surface area contributed by atoms with E-state index in [2.05, 4.69) is 10.9 Å². The monoisotopic (exact) mass is 374 g/mol. The number of aryl methyl sites for hydroxylation is 2. The molecular formula is C20H23FN2O4. The van der Waals surface area contributed by atoms with Crippen molar-refractivity contribution in [2.45, 2.75) is 33.3 Å². The number of hydrazine groups is 1. The van der Waals surface area contributed by atoms with Gasteiger partial charge in [-0.05, 0) is 50.1 Å². The number of hydrogen-bond acceptors (Lipinski definition) is 4. The lowest BCUT2D eigenvalue weighted by Gasteiger charge is -2.15. The highest BCUT2D eigenvalue weighted by Crippen LogP contribution is 2.19. The number of halogens is 1. The molecule has 0 saturated heterocycles. The summed E-state index contributed by atoms with van der Waals surface area (Å²) >= 11 is 0. The molecule has 0 aliphatic heterocycles. The zero-order valence-corrected chi connectivity index (χ0v) is 15.5. The van der Waals surface area contributed by atoms with Gasteiger partial charge in [0.15, 0.2) is 17.7 Å². The fourth-order valence-corrected chi connectivity index (χ4v) is 2.20. The second-order valence-electron chi connectivity index (χ2n) is 6.10. The first-order chi connectivity index (χ1) is 12.9. The molecule has 2 rings (SSSR count). The van der Waals surface area contributed by atoms with Crippen molar-refractivity contribution in [3.05, 3.63) is 59.4 Å². The third-order valence-electron chi connectivity index (χ3n) is 3.77. The summed E-state index contributed by atoms with van der Waals surface area (Å²) in [6.07, 6.45) is -0.913. The molecule has 0 spiro atoms. The van der Waals surface area contributed by atoms with Gasteiger partial charge in [0.25, 0.3) is 5.91 Å². The van der Waals surface area contributed by atoms with Gasteiger partial charge in [-0.25, -0.2) is 4.39 Å². The van der Waals surface area contributed by atoms with E-state index in [1.807, 2.05) is 32.0 Å². The Balaban J connectivity index is 1.72. The second-order valence-corrected chi connectivity index (χ2v) is 6.10. The predicted molar refractivity (Wildman–Crippen MR) is 98.8 cm³/mol. The summed E-state index contributed by atoms with van der Waals surface area (Å²) in [7, 11) is 0. The number of carbonyl (C=O) groups excluding carboxylic acids is 2. The molecule has 2 amide bonds. The Morgan fingerprint density at radius 3 is 2.56 bits per heavy atom. The summed E-state index contributed by atoms with van der Waals surface area (Å²) in [5.41, 5.74) is 6.58. The van der Waals surface area contributed by atoms with Crippen LogP contribution in [0.25, 0.3) is 0 Å². The van der Waals surface area contributed by atoms with Crippen LogP contribution in [0.5, 0.6) is 11.5 Å². The Kier molecular flexibility index (Phi) is 7.16. The molecule has 0 bridgehead atoms. The molecule has 0 fully saturated rings. The van der Waals surface area contributed by atoms with Crippen LogP contribution in [0.1, 0.15) is 24.5 Å². The van der Waals surface area contributed by atoms with Gasteiger partial charge < -0.3 is 9.47 Å². The normalized spacial score (nSPS) is 11.4. The summed E-state index contributed by atoms with van der Waals surface area (Å²) in [4.78, 5) is 23.8. The first kappa shape index (κ1) is 20.2. The van der Waals surface area contributed by atoms with Gasteiger partial charge in [0.05, 0.1) is 13.0 Å². The highest BCUT2D eigenvalue weighted by molar-refractivity contribution is 5.84. The van der Waals surface area contributed by atoms with Gasteiger partial charge >= 0.3 is 0 Å². The zero-order chi connectivity index (χ0) is 19.8. The minimum atomic E-state index is -0.978. The van der Waals surface area contributed by atoms with Crippen LogP contribution in [0.2, 0.25) is 0 Å². The quantitative estimate of drug-likeness (QED) is 0.731. The van der Waals surface area contributed by atoms with Gasteiger partial charge in [0, 0.05) is 0 Å².